The summed E-state index contributed by atoms with van der Waals surface area (Å²) in [7, 11) is 1.64. The summed E-state index contributed by atoms with van der Waals surface area (Å²) in [6.45, 7) is 0.470. The number of hydrogen-bond acceptors (Lipinski definition) is 5. The Morgan fingerprint density at radius 2 is 2.00 bits per heavy atom. The highest BCUT2D eigenvalue weighted by Gasteiger charge is 2.07. The molecular weight excluding hydrogens is 384 g/mol. The second-order valence-electron chi connectivity index (χ2n) is 5.72. The summed E-state index contributed by atoms with van der Waals surface area (Å²) in [6.07, 6.45) is 0.660. The molecular formula is C20H19ClN2O3S. The van der Waals surface area contributed by atoms with Crippen LogP contribution in [0, 0.1) is 0 Å². The zero-order chi connectivity index (χ0) is 19.1. The lowest BCUT2D eigenvalue weighted by Gasteiger charge is -2.07. The number of carbonyl (C=O) groups is 1. The van der Waals surface area contributed by atoms with Crippen molar-refractivity contribution >= 4 is 28.8 Å². The molecule has 0 spiro atoms. The summed E-state index contributed by atoms with van der Waals surface area (Å²) >= 11 is 7.39. The highest BCUT2D eigenvalue weighted by atomic mass is 35.5. The van der Waals surface area contributed by atoms with Crippen LogP contribution in [-0.4, -0.2) is 31.2 Å². The predicted octanol–water partition coefficient (Wildman–Crippen LogP) is 4.21. The average Bonchev–Trinajstić information content (AvgIpc) is 3.16. The summed E-state index contributed by atoms with van der Waals surface area (Å²) in [5, 5.41) is 6.40. The van der Waals surface area contributed by atoms with Crippen LogP contribution in [-0.2, 0) is 11.2 Å². The Kier molecular flexibility index (Phi) is 6.68. The number of benzene rings is 2. The molecule has 0 saturated carbocycles. The molecule has 0 saturated heterocycles. The van der Waals surface area contributed by atoms with Crippen LogP contribution in [0.25, 0.3) is 10.6 Å². The van der Waals surface area contributed by atoms with Gasteiger partial charge in [0.05, 0.1) is 12.8 Å². The number of nitrogens with zero attached hydrogens (tertiary/aromatic N) is 1. The minimum atomic E-state index is -0.173. The Bertz CT molecular complexity index is 896. The van der Waals surface area contributed by atoms with Crippen LogP contribution in [0.1, 0.15) is 5.69 Å². The lowest BCUT2D eigenvalue weighted by molar-refractivity contribution is -0.123. The highest BCUT2D eigenvalue weighted by Crippen LogP contribution is 2.26. The second-order valence-corrected chi connectivity index (χ2v) is 7.01. The van der Waals surface area contributed by atoms with Crippen molar-refractivity contribution < 1.29 is 14.3 Å². The molecule has 0 radical (unpaired) electrons. The van der Waals surface area contributed by atoms with E-state index in [0.29, 0.717) is 23.7 Å². The van der Waals surface area contributed by atoms with E-state index in [9.17, 15) is 4.79 Å². The number of nitrogens with one attached hydrogen (secondary N) is 1. The van der Waals surface area contributed by atoms with Gasteiger partial charge in [-0.15, -0.1) is 11.3 Å². The van der Waals surface area contributed by atoms with E-state index in [2.05, 4.69) is 10.3 Å². The molecule has 27 heavy (non-hydrogen) atoms. The van der Waals surface area contributed by atoms with Gasteiger partial charge in [-0.05, 0) is 36.4 Å². The molecule has 1 N–H and O–H groups in total. The molecule has 0 atom stereocenters. The van der Waals surface area contributed by atoms with E-state index in [1.54, 1.807) is 42.7 Å². The maximum absolute atomic E-state index is 11.9. The Morgan fingerprint density at radius 1 is 1.19 bits per heavy atom. The van der Waals surface area contributed by atoms with Crippen molar-refractivity contribution in [2.24, 2.45) is 0 Å². The number of methoxy groups -OCH3 is 1. The molecule has 2 aromatic carbocycles. The summed E-state index contributed by atoms with van der Waals surface area (Å²) in [6, 6.07) is 14.7. The summed E-state index contributed by atoms with van der Waals surface area (Å²) in [5.41, 5.74) is 1.96. The van der Waals surface area contributed by atoms with Crippen LogP contribution < -0.4 is 14.8 Å². The summed E-state index contributed by atoms with van der Waals surface area (Å²) in [5.74, 6) is 1.24. The molecule has 0 fully saturated rings. The molecule has 3 rings (SSSR count). The predicted molar refractivity (Wildman–Crippen MR) is 108 cm³/mol. The number of thiazole rings is 1. The smallest absolute Gasteiger partial charge is 0.257 e. The molecule has 3 aromatic rings. The third-order valence-electron chi connectivity index (χ3n) is 3.76. The number of ether oxygens (including phenoxy) is 2. The Hall–Kier alpha value is -2.57. The van der Waals surface area contributed by atoms with Crippen LogP contribution in [0.4, 0.5) is 0 Å². The van der Waals surface area contributed by atoms with Crippen molar-refractivity contribution in [3.63, 3.8) is 0 Å². The van der Waals surface area contributed by atoms with Gasteiger partial charge in [-0.3, -0.25) is 4.79 Å². The van der Waals surface area contributed by atoms with Gasteiger partial charge in [-0.25, -0.2) is 4.98 Å². The lowest BCUT2D eigenvalue weighted by atomic mass is 10.2. The molecule has 0 aliphatic rings. The first-order chi connectivity index (χ1) is 13.1. The zero-order valence-electron chi connectivity index (χ0n) is 14.8. The van der Waals surface area contributed by atoms with Gasteiger partial charge >= 0.3 is 0 Å². The maximum Gasteiger partial charge on any atom is 0.257 e. The molecule has 1 heterocycles. The minimum Gasteiger partial charge on any atom is -0.497 e. The molecule has 1 aromatic heterocycles. The van der Waals surface area contributed by atoms with Gasteiger partial charge in [-0.2, -0.15) is 0 Å². The van der Waals surface area contributed by atoms with E-state index in [-0.39, 0.29) is 12.5 Å². The van der Waals surface area contributed by atoms with E-state index in [0.717, 1.165) is 22.0 Å². The SMILES string of the molecule is COc1cccc(-c2nc(CCNC(=O)COc3ccc(Cl)cc3)cs2)c1. The van der Waals surface area contributed by atoms with Crippen molar-refractivity contribution in [2.45, 2.75) is 6.42 Å². The van der Waals surface area contributed by atoms with Gasteiger partial charge < -0.3 is 14.8 Å². The Balaban J connectivity index is 1.44. The molecule has 0 aliphatic carbocycles. The monoisotopic (exact) mass is 402 g/mol. The Morgan fingerprint density at radius 3 is 2.78 bits per heavy atom. The highest BCUT2D eigenvalue weighted by molar-refractivity contribution is 7.13. The van der Waals surface area contributed by atoms with Crippen LogP contribution in [0.2, 0.25) is 5.02 Å². The number of amides is 1. The standard InChI is InChI=1S/C20H19ClN2O3S/c1-25-18-4-2-3-14(11-18)20-23-16(13-27-20)9-10-22-19(24)12-26-17-7-5-15(21)6-8-17/h2-8,11,13H,9-10,12H2,1H3,(H,22,24). The van der Waals surface area contributed by atoms with Gasteiger partial charge in [0.2, 0.25) is 0 Å². The number of halogens is 1. The normalized spacial score (nSPS) is 10.4. The number of rotatable bonds is 8. The third kappa shape index (κ3) is 5.70. The van der Waals surface area contributed by atoms with Crippen molar-refractivity contribution in [3.05, 3.63) is 64.6 Å². The first-order valence-corrected chi connectivity index (χ1v) is 9.64. The van der Waals surface area contributed by atoms with E-state index in [1.807, 2.05) is 29.6 Å². The maximum atomic E-state index is 11.9. The molecule has 5 nitrogen and oxygen atoms in total. The van der Waals surface area contributed by atoms with Gasteiger partial charge in [0.15, 0.2) is 6.61 Å². The van der Waals surface area contributed by atoms with Crippen molar-refractivity contribution in [1.29, 1.82) is 0 Å². The van der Waals surface area contributed by atoms with Crippen molar-refractivity contribution in [3.8, 4) is 22.1 Å². The molecule has 140 valence electrons. The summed E-state index contributed by atoms with van der Waals surface area (Å²) in [4.78, 5) is 16.5. The molecule has 7 heteroatoms. The van der Waals surface area contributed by atoms with Crippen LogP contribution in [0.5, 0.6) is 11.5 Å². The van der Waals surface area contributed by atoms with E-state index in [1.165, 1.54) is 0 Å². The third-order valence-corrected chi connectivity index (χ3v) is 4.95. The average molecular weight is 403 g/mol. The van der Waals surface area contributed by atoms with Gasteiger partial charge in [0.1, 0.15) is 16.5 Å². The molecule has 0 aliphatic heterocycles. The molecule has 0 bridgehead atoms. The fourth-order valence-electron chi connectivity index (χ4n) is 2.37. The van der Waals surface area contributed by atoms with Crippen LogP contribution >= 0.6 is 22.9 Å². The van der Waals surface area contributed by atoms with E-state index in [4.69, 9.17) is 21.1 Å². The summed E-state index contributed by atoms with van der Waals surface area (Å²) < 4.78 is 10.7. The van der Waals surface area contributed by atoms with Crippen LogP contribution in [0.15, 0.2) is 53.9 Å². The van der Waals surface area contributed by atoms with E-state index >= 15 is 0 Å². The number of aromatic nitrogens is 1. The van der Waals surface area contributed by atoms with Gasteiger partial charge in [-0.1, -0.05) is 23.7 Å². The Labute approximate surface area is 166 Å². The fraction of sp³-hybridized carbons (Fsp3) is 0.200. The fourth-order valence-corrected chi connectivity index (χ4v) is 3.35. The first kappa shape index (κ1) is 19.2. The number of carbonyl (C=O) groups excluding carboxylic acids is 1. The van der Waals surface area contributed by atoms with Crippen LogP contribution in [0.3, 0.4) is 0 Å². The van der Waals surface area contributed by atoms with Crippen molar-refractivity contribution in [2.75, 3.05) is 20.3 Å². The van der Waals surface area contributed by atoms with Gasteiger partial charge in [0.25, 0.3) is 5.91 Å². The van der Waals surface area contributed by atoms with E-state index < -0.39 is 0 Å². The quantitative estimate of drug-likeness (QED) is 0.613. The second kappa shape index (κ2) is 9.39. The topological polar surface area (TPSA) is 60.5 Å². The largest absolute Gasteiger partial charge is 0.497 e. The lowest BCUT2D eigenvalue weighted by Crippen LogP contribution is -2.30. The zero-order valence-corrected chi connectivity index (χ0v) is 16.3. The van der Waals surface area contributed by atoms with Gasteiger partial charge in [0, 0.05) is 28.9 Å². The minimum absolute atomic E-state index is 0.0340. The first-order valence-electron chi connectivity index (χ1n) is 8.38. The molecule has 0 unspecified atom stereocenters. The molecule has 1 amide bonds. The number of hydrogen-bond donors (Lipinski definition) is 1. The van der Waals surface area contributed by atoms with Crippen molar-refractivity contribution in [1.82, 2.24) is 10.3 Å².